The predicted molar refractivity (Wildman–Crippen MR) is 487 cm³/mol. The van der Waals surface area contributed by atoms with Crippen LogP contribution in [-0.2, 0) is 54.4 Å². The molecule has 139 heavy (non-hydrogen) atoms. The predicted octanol–water partition coefficient (Wildman–Crippen LogP) is 17.6. The zero-order chi connectivity index (χ0) is 99.6. The number of fused-ring (bicyclic) bond motifs is 9. The summed E-state index contributed by atoms with van der Waals surface area (Å²) in [6, 6.07) is 46.5. The average Bonchev–Trinajstić information content (AvgIpc) is 1.15. The molecule has 0 aliphatic carbocycles. The first-order chi connectivity index (χ1) is 68.2. The molecular formula is C92H76F10N26O11. The van der Waals surface area contributed by atoms with E-state index in [2.05, 4.69) is 75.4 Å². The molecule has 0 atom stereocenters. The zero-order valence-electron chi connectivity index (χ0n) is 76.3. The van der Waals surface area contributed by atoms with Gasteiger partial charge in [-0.25, -0.2) is 88.9 Å². The highest BCUT2D eigenvalue weighted by atomic mass is 19.3. The number of H-pyrrole nitrogens is 1. The number of aryl methyl sites for hydroxylation is 4. The number of hydrogen-bond donors (Lipinski definition) is 1. The van der Waals surface area contributed by atoms with Gasteiger partial charge >= 0.3 is 30.7 Å². The number of pyridine rings is 1. The molecule has 0 saturated carbocycles. The molecule has 0 radical (unpaired) electrons. The second kappa shape index (κ2) is 39.2. The van der Waals surface area contributed by atoms with Crippen LogP contribution in [0.15, 0.2) is 219 Å². The highest BCUT2D eigenvalue weighted by molar-refractivity contribution is 6.14. The van der Waals surface area contributed by atoms with E-state index in [0.29, 0.717) is 79.5 Å². The van der Waals surface area contributed by atoms with Crippen LogP contribution in [0, 0.1) is 0 Å². The Morgan fingerprint density at radius 3 is 1.00 bits per heavy atom. The molecule has 17 aromatic rings. The summed E-state index contributed by atoms with van der Waals surface area (Å²) < 4.78 is 190. The standard InChI is InChI=1S/C23H18F4N6O3.C23H18F2N8O2.2C23H20F2N6O3/c1-31-10-13-8-15(4-7-17(13)30-31)32-11-18-21(29-20(9-28-18)35-12-19(24)25)33(23(32)34)14-2-5-16(6-3-14)36-22(26)27;1-31-10-14-8-15(3-5-17(14)29-31)32-11-13-2-7-21(35-12-20(24)25)26-22(13)33(23(32)34)16-4-6-18-19(9-16)28-30-27-18;2*1-29-11-14-9-16(5-8-18(14)28-29)30-12-19-22(27-21(10-26-19)34-13-20(24)25)31(23(30)32)15-3-6-17(33-2)7-4-15/h2-10,19,22H,11-12H2,1H3;2-10,20H,11-12H2,1H3,(H,27,28,30);2*3-11,20H,12-13H2,1-2H3/i;;2D3;. The lowest BCUT2D eigenvalue weighted by atomic mass is 10.1. The second-order valence-electron chi connectivity index (χ2n) is 31.0. The van der Waals surface area contributed by atoms with Crippen LogP contribution in [0.25, 0.3) is 54.6 Å². The van der Waals surface area contributed by atoms with E-state index >= 15 is 0 Å². The van der Waals surface area contributed by atoms with Gasteiger partial charge in [-0.05, 0) is 170 Å². The highest BCUT2D eigenvalue weighted by Gasteiger charge is 2.41. The summed E-state index contributed by atoms with van der Waals surface area (Å²) in [4.78, 5) is 96.8. The zero-order valence-corrected chi connectivity index (χ0v) is 73.3. The quantitative estimate of drug-likeness (QED) is 0.0549. The summed E-state index contributed by atoms with van der Waals surface area (Å²) in [5, 5.41) is 31.6. The molecule has 4 aliphatic rings. The van der Waals surface area contributed by atoms with Crippen LogP contribution in [0.5, 0.6) is 40.8 Å². The molecule has 21 rings (SSSR count). The van der Waals surface area contributed by atoms with E-state index in [4.69, 9.17) is 32.5 Å². The van der Waals surface area contributed by atoms with E-state index in [9.17, 15) is 63.1 Å². The number of anilines is 12. The number of nitrogens with zero attached hydrogens (tertiary/aromatic N) is 25. The number of urea groups is 4. The molecule has 0 bridgehead atoms. The maximum atomic E-state index is 13.9. The third-order valence-corrected chi connectivity index (χ3v) is 21.6. The molecule has 9 aromatic heterocycles. The maximum absolute atomic E-state index is 13.9. The van der Waals surface area contributed by atoms with Crippen LogP contribution in [0.2, 0.25) is 0 Å². The van der Waals surface area contributed by atoms with E-state index in [0.717, 1.165) is 49.2 Å². The van der Waals surface area contributed by atoms with Crippen molar-refractivity contribution in [3.63, 3.8) is 0 Å². The van der Waals surface area contributed by atoms with Crippen LogP contribution in [0.3, 0.4) is 0 Å². The third kappa shape index (κ3) is 19.9. The molecule has 47 heteroatoms. The van der Waals surface area contributed by atoms with Crippen LogP contribution >= 0.6 is 0 Å². The van der Waals surface area contributed by atoms with Crippen molar-refractivity contribution in [2.75, 3.05) is 79.8 Å². The van der Waals surface area contributed by atoms with Crippen molar-refractivity contribution in [2.45, 2.75) is 58.5 Å². The molecule has 4 aliphatic heterocycles. The Morgan fingerprint density at radius 1 is 0.338 bits per heavy atom. The van der Waals surface area contributed by atoms with Gasteiger partial charge in [0, 0.05) is 109 Å². The van der Waals surface area contributed by atoms with Crippen LogP contribution < -0.4 is 72.4 Å². The number of benzene rings is 8. The van der Waals surface area contributed by atoms with Gasteiger partial charge in [0.25, 0.3) is 25.7 Å². The minimum absolute atomic E-state index is 0.00888. The lowest BCUT2D eigenvalue weighted by Gasteiger charge is -2.36. The highest BCUT2D eigenvalue weighted by Crippen LogP contribution is 2.44. The van der Waals surface area contributed by atoms with E-state index in [1.807, 2.05) is 81.3 Å². The first kappa shape index (κ1) is 88.0. The third-order valence-electron chi connectivity index (χ3n) is 21.6. The fourth-order valence-corrected chi connectivity index (χ4v) is 15.5. The summed E-state index contributed by atoms with van der Waals surface area (Å²) in [5.41, 5.74) is 10.4. The normalized spacial score (nSPS) is 14.0. The number of nitrogens with one attached hydrogen (secondary N) is 1. The number of amides is 8. The number of alkyl halides is 10. The molecular weight excluding hydrogens is 1840 g/mol. The van der Waals surface area contributed by atoms with Crippen molar-refractivity contribution in [3.8, 4) is 40.8 Å². The summed E-state index contributed by atoms with van der Waals surface area (Å²) in [7, 11) is 6.16. The number of ether oxygens (including phenoxy) is 7. The molecule has 0 saturated heterocycles. The summed E-state index contributed by atoms with van der Waals surface area (Å²) in [6.45, 7) is -5.88. The Bertz CT molecular complexity index is 7580. The first-order valence-electron chi connectivity index (χ1n) is 43.4. The maximum Gasteiger partial charge on any atom is 0.387 e. The number of carbonyl (C=O) groups is 4. The van der Waals surface area contributed by atoms with Gasteiger partial charge in [0.2, 0.25) is 23.5 Å². The number of halogens is 10. The summed E-state index contributed by atoms with van der Waals surface area (Å²) in [5.74, 6) is 0.888. The van der Waals surface area contributed by atoms with E-state index in [1.165, 1.54) is 103 Å². The molecule has 37 nitrogen and oxygen atoms in total. The molecule has 8 amide bonds. The average molecular weight is 1910 g/mol. The van der Waals surface area contributed by atoms with Gasteiger partial charge in [-0.1, -0.05) is 0 Å². The Balaban J connectivity index is 0.000000125. The minimum Gasteiger partial charge on any atom is -0.497 e. The van der Waals surface area contributed by atoms with E-state index in [1.54, 1.807) is 129 Å². The van der Waals surface area contributed by atoms with Gasteiger partial charge in [0.15, 0.2) is 43.9 Å². The Hall–Kier alpha value is -17.6. The number of rotatable bonds is 24. The van der Waals surface area contributed by atoms with Crippen molar-refractivity contribution in [2.24, 2.45) is 28.2 Å². The lowest BCUT2D eigenvalue weighted by Crippen LogP contribution is -2.45. The van der Waals surface area contributed by atoms with Gasteiger partial charge in [-0.3, -0.25) is 38.3 Å². The van der Waals surface area contributed by atoms with Crippen LogP contribution in [-0.4, -0.2) is 186 Å². The number of hydrogen-bond acceptors (Lipinski definition) is 24. The first-order valence-corrected chi connectivity index (χ1v) is 41.9. The van der Waals surface area contributed by atoms with Crippen molar-refractivity contribution in [3.05, 3.63) is 242 Å². The topological polar surface area (TPSA) is 362 Å². The van der Waals surface area contributed by atoms with Crippen molar-refractivity contribution in [1.82, 2.24) is 89.4 Å². The number of aromatic nitrogens is 18. The molecule has 8 aromatic carbocycles. The van der Waals surface area contributed by atoms with Crippen molar-refractivity contribution in [1.29, 1.82) is 0 Å². The van der Waals surface area contributed by atoms with Crippen LogP contribution in [0.1, 0.15) is 26.8 Å². The van der Waals surface area contributed by atoms with Gasteiger partial charge < -0.3 is 33.2 Å². The van der Waals surface area contributed by atoms with E-state index < -0.39 is 77.8 Å². The molecule has 710 valence electrons. The minimum atomic E-state index is -3.01. The van der Waals surface area contributed by atoms with E-state index in [-0.39, 0.29) is 96.4 Å². The van der Waals surface area contributed by atoms with Crippen molar-refractivity contribution >= 4 is 148 Å². The van der Waals surface area contributed by atoms with Gasteiger partial charge in [0.05, 0.1) is 108 Å². The lowest BCUT2D eigenvalue weighted by molar-refractivity contribution is -0.0498. The smallest absolute Gasteiger partial charge is 0.387 e. The largest absolute Gasteiger partial charge is 0.497 e. The monoisotopic (exact) mass is 1910 g/mol. The molecule has 1 N–H and O–H groups in total. The van der Waals surface area contributed by atoms with Gasteiger partial charge in [-0.15, -0.1) is 0 Å². The number of aromatic amines is 1. The Morgan fingerprint density at radius 2 is 0.647 bits per heavy atom. The second-order valence-corrected chi connectivity index (χ2v) is 31.0. The SMILES string of the molecule is COc1ccc(N2C(=O)N(c3ccc4nn(C)cc4c3)Cc3ncc(OCC(F)F)nc32)cc1.Cn1cc2cc(N3Cc4ccc(OCC(F)F)nc4N(c4ccc5n[nH]nc5c4)C3=O)ccc2n1.Cn1cc2cc(N3Cc4ncc(OCC(F)F)nc4N(c4ccc(OC(F)F)cc4)C3=O)ccc2n1.[2H]C([2H])([2H])Oc1ccc(N2C(=O)N(c3ccc4nn(C)cc4c3)Cc3ncc(OCC(F)F)nc32)cc1. The fourth-order valence-electron chi connectivity index (χ4n) is 15.5. The molecule has 0 spiro atoms. The number of carbonyl (C=O) groups excluding carboxylic acids is 4. The Kier molecular flexibility index (Phi) is 24.8. The summed E-state index contributed by atoms with van der Waals surface area (Å²) >= 11 is 0. The van der Waals surface area contributed by atoms with Gasteiger partial charge in [0.1, 0.15) is 51.2 Å². The summed E-state index contributed by atoms with van der Waals surface area (Å²) in [6.07, 6.45) is 0.379. The van der Waals surface area contributed by atoms with Gasteiger partial charge in [-0.2, -0.15) is 64.5 Å². The fraction of sp³-hybridized carbons (Fsp3) is 0.207. The van der Waals surface area contributed by atoms with Crippen molar-refractivity contribution < 1.29 is 100 Å². The number of methoxy groups -OCH3 is 2. The molecule has 0 fully saturated rings. The Labute approximate surface area is 783 Å². The van der Waals surface area contributed by atoms with Crippen LogP contribution in [0.4, 0.5) is 132 Å². The molecule has 0 unspecified atom stereocenters. The molecule has 13 heterocycles.